The zero-order valence-corrected chi connectivity index (χ0v) is 17.7. The molecule has 166 valence electrons. The Balaban J connectivity index is 1.20. The van der Waals surface area contributed by atoms with Crippen molar-refractivity contribution >= 4 is 34.2 Å². The predicted molar refractivity (Wildman–Crippen MR) is 120 cm³/mol. The Kier molecular flexibility index (Phi) is 5.18. The van der Waals surface area contributed by atoms with Crippen LogP contribution in [0.3, 0.4) is 0 Å². The number of carbonyl (C=O) groups excluding carboxylic acids is 2. The third-order valence-corrected chi connectivity index (χ3v) is 6.03. The highest BCUT2D eigenvalue weighted by Crippen LogP contribution is 2.30. The molecule has 32 heavy (non-hydrogen) atoms. The van der Waals surface area contributed by atoms with Crippen LogP contribution in [0.5, 0.6) is 5.75 Å². The van der Waals surface area contributed by atoms with Gasteiger partial charge in [0.05, 0.1) is 24.2 Å². The Hall–Kier alpha value is -3.59. The summed E-state index contributed by atoms with van der Waals surface area (Å²) in [6.07, 6.45) is 0.416. The summed E-state index contributed by atoms with van der Waals surface area (Å²) in [4.78, 5) is 43.0. The molecule has 3 aromatic rings. The summed E-state index contributed by atoms with van der Waals surface area (Å²) in [7, 11) is 0. The molecule has 5 rings (SSSR count). The molecular formula is C23H24N4O5. The Morgan fingerprint density at radius 3 is 2.91 bits per heavy atom. The molecule has 0 radical (unpaired) electrons. The molecule has 9 nitrogen and oxygen atoms in total. The van der Waals surface area contributed by atoms with Gasteiger partial charge in [0.1, 0.15) is 5.75 Å². The summed E-state index contributed by atoms with van der Waals surface area (Å²) in [6, 6.07) is 11.0. The number of benzene rings is 2. The standard InChI is InChI=1S/C23H24N4O5/c1-14-12-27(16-3-5-20-17(11-16)19(28)6-9-31-20)8-7-26(14)13-22(29)24-15-2-4-18-21(10-15)32-23(30)25-18/h2-5,10-11,14H,6-9,12-13H2,1H3,(H,24,29)(H,25,30)/t14-/m1/s1. The molecule has 0 spiro atoms. The molecule has 1 amide bonds. The lowest BCUT2D eigenvalue weighted by Crippen LogP contribution is -2.53. The van der Waals surface area contributed by atoms with Crippen LogP contribution in [-0.2, 0) is 4.79 Å². The summed E-state index contributed by atoms with van der Waals surface area (Å²) >= 11 is 0. The summed E-state index contributed by atoms with van der Waals surface area (Å²) < 4.78 is 10.6. The molecule has 2 N–H and O–H groups in total. The predicted octanol–water partition coefficient (Wildman–Crippen LogP) is 2.24. The van der Waals surface area contributed by atoms with Crippen LogP contribution in [0.1, 0.15) is 23.7 Å². The zero-order valence-electron chi connectivity index (χ0n) is 17.7. The summed E-state index contributed by atoms with van der Waals surface area (Å²) in [6.45, 7) is 5.03. The number of ketones is 1. The van der Waals surface area contributed by atoms with Crippen LogP contribution < -0.4 is 20.7 Å². The van der Waals surface area contributed by atoms with Crippen LogP contribution in [0, 0.1) is 0 Å². The number of fused-ring (bicyclic) bond motifs is 2. The molecular weight excluding hydrogens is 412 g/mol. The minimum Gasteiger partial charge on any atom is -0.492 e. The van der Waals surface area contributed by atoms with E-state index in [1.807, 2.05) is 18.2 Å². The number of piperazine rings is 1. The highest BCUT2D eigenvalue weighted by Gasteiger charge is 2.27. The second-order valence-corrected chi connectivity index (χ2v) is 8.24. The second kappa shape index (κ2) is 8.16. The second-order valence-electron chi connectivity index (χ2n) is 8.24. The summed E-state index contributed by atoms with van der Waals surface area (Å²) in [5, 5.41) is 2.87. The molecule has 2 aliphatic heterocycles. The first-order chi connectivity index (χ1) is 15.5. The fourth-order valence-electron chi connectivity index (χ4n) is 4.32. The molecule has 1 atom stereocenters. The average molecular weight is 436 g/mol. The Morgan fingerprint density at radius 2 is 2.06 bits per heavy atom. The van der Waals surface area contributed by atoms with Gasteiger partial charge in [-0.15, -0.1) is 0 Å². The molecule has 0 saturated carbocycles. The van der Waals surface area contributed by atoms with E-state index in [4.69, 9.17) is 9.15 Å². The first-order valence-electron chi connectivity index (χ1n) is 10.7. The van der Waals surface area contributed by atoms with E-state index in [0.29, 0.717) is 41.1 Å². The van der Waals surface area contributed by atoms with Crippen LogP contribution in [0.4, 0.5) is 11.4 Å². The monoisotopic (exact) mass is 436 g/mol. The van der Waals surface area contributed by atoms with E-state index in [2.05, 4.69) is 27.0 Å². The Morgan fingerprint density at radius 1 is 1.19 bits per heavy atom. The first-order valence-corrected chi connectivity index (χ1v) is 10.7. The minimum absolute atomic E-state index is 0.119. The van der Waals surface area contributed by atoms with Gasteiger partial charge in [-0.05, 0) is 37.3 Å². The summed E-state index contributed by atoms with van der Waals surface area (Å²) in [5.41, 5.74) is 3.23. The highest BCUT2D eigenvalue weighted by atomic mass is 16.5. The van der Waals surface area contributed by atoms with E-state index in [1.54, 1.807) is 18.2 Å². The summed E-state index contributed by atoms with van der Waals surface area (Å²) in [5.74, 6) is 0.129. The van der Waals surface area contributed by atoms with E-state index in [1.165, 1.54) is 0 Å². The molecule has 1 fully saturated rings. The number of amides is 1. The zero-order chi connectivity index (χ0) is 22.2. The van der Waals surface area contributed by atoms with Crippen molar-refractivity contribution in [3.05, 3.63) is 52.5 Å². The number of nitrogens with zero attached hydrogens (tertiary/aromatic N) is 2. The maximum Gasteiger partial charge on any atom is 0.417 e. The van der Waals surface area contributed by atoms with E-state index in [0.717, 1.165) is 25.3 Å². The molecule has 9 heteroatoms. The maximum atomic E-state index is 12.6. The van der Waals surface area contributed by atoms with Gasteiger partial charge in [0.2, 0.25) is 5.91 Å². The number of aromatic nitrogens is 1. The van der Waals surface area contributed by atoms with Gasteiger partial charge < -0.3 is 19.4 Å². The molecule has 1 saturated heterocycles. The van der Waals surface area contributed by atoms with Crippen LogP contribution in [0.25, 0.3) is 11.1 Å². The topological polar surface area (TPSA) is 108 Å². The molecule has 2 aromatic carbocycles. The van der Waals surface area contributed by atoms with E-state index >= 15 is 0 Å². The smallest absolute Gasteiger partial charge is 0.417 e. The molecule has 1 aromatic heterocycles. The normalized spacial score (nSPS) is 19.0. The SMILES string of the molecule is C[C@@H]1CN(c2ccc3c(c2)C(=O)CCO3)CCN1CC(=O)Nc1ccc2[nH]c(=O)oc2c1. The first kappa shape index (κ1) is 20.3. The number of ether oxygens (including phenoxy) is 1. The van der Waals surface area contributed by atoms with Gasteiger partial charge in [-0.3, -0.25) is 19.5 Å². The number of carbonyl (C=O) groups is 2. The van der Waals surface area contributed by atoms with E-state index in [-0.39, 0.29) is 24.3 Å². The van der Waals surface area contributed by atoms with Crippen LogP contribution in [-0.4, -0.2) is 60.4 Å². The van der Waals surface area contributed by atoms with Crippen molar-refractivity contribution in [2.75, 3.05) is 43.0 Å². The number of nitrogens with one attached hydrogen (secondary N) is 2. The van der Waals surface area contributed by atoms with Crippen molar-refractivity contribution in [3.63, 3.8) is 0 Å². The number of anilines is 2. The van der Waals surface area contributed by atoms with Gasteiger partial charge in [-0.25, -0.2) is 4.79 Å². The van der Waals surface area contributed by atoms with Crippen LogP contribution >= 0.6 is 0 Å². The van der Waals surface area contributed by atoms with Gasteiger partial charge in [-0.1, -0.05) is 0 Å². The Bertz CT molecular complexity index is 1250. The van der Waals surface area contributed by atoms with Crippen molar-refractivity contribution in [1.29, 1.82) is 0 Å². The van der Waals surface area contributed by atoms with Crippen LogP contribution in [0.2, 0.25) is 0 Å². The molecule has 3 heterocycles. The van der Waals surface area contributed by atoms with Gasteiger partial charge in [0.25, 0.3) is 0 Å². The lowest BCUT2D eigenvalue weighted by molar-refractivity contribution is -0.117. The number of oxazole rings is 1. The molecule has 0 bridgehead atoms. The molecule has 0 unspecified atom stereocenters. The van der Waals surface area contributed by atoms with Gasteiger partial charge in [0.15, 0.2) is 11.4 Å². The number of H-pyrrole nitrogens is 1. The fourth-order valence-corrected chi connectivity index (χ4v) is 4.32. The third kappa shape index (κ3) is 3.99. The van der Waals surface area contributed by atoms with Gasteiger partial charge in [-0.2, -0.15) is 0 Å². The average Bonchev–Trinajstić information content (AvgIpc) is 3.14. The fraction of sp³-hybridized carbons (Fsp3) is 0.348. The van der Waals surface area contributed by atoms with Crippen molar-refractivity contribution in [3.8, 4) is 5.75 Å². The largest absolute Gasteiger partial charge is 0.492 e. The van der Waals surface area contributed by atoms with E-state index in [9.17, 15) is 14.4 Å². The lowest BCUT2D eigenvalue weighted by Gasteiger charge is -2.40. The van der Waals surface area contributed by atoms with Crippen LogP contribution in [0.15, 0.2) is 45.6 Å². The maximum absolute atomic E-state index is 12.6. The highest BCUT2D eigenvalue weighted by molar-refractivity contribution is 6.00. The number of Topliss-reactive ketones (excluding diaryl/α,β-unsaturated/α-hetero) is 1. The quantitative estimate of drug-likeness (QED) is 0.646. The van der Waals surface area contributed by atoms with Crippen molar-refractivity contribution in [2.45, 2.75) is 19.4 Å². The van der Waals surface area contributed by atoms with Gasteiger partial charge >= 0.3 is 5.76 Å². The lowest BCUT2D eigenvalue weighted by atomic mass is 10.0. The van der Waals surface area contributed by atoms with Gasteiger partial charge in [0, 0.05) is 49.5 Å². The third-order valence-electron chi connectivity index (χ3n) is 6.03. The van der Waals surface area contributed by atoms with Crippen molar-refractivity contribution < 1.29 is 18.7 Å². The molecule has 2 aliphatic rings. The van der Waals surface area contributed by atoms with Crippen molar-refractivity contribution in [1.82, 2.24) is 9.88 Å². The number of rotatable bonds is 4. The minimum atomic E-state index is -0.522. The number of hydrogen-bond acceptors (Lipinski definition) is 7. The van der Waals surface area contributed by atoms with E-state index < -0.39 is 5.76 Å². The number of aromatic amines is 1. The Labute approximate surface area is 183 Å². The van der Waals surface area contributed by atoms with Crippen molar-refractivity contribution in [2.24, 2.45) is 0 Å². The molecule has 0 aliphatic carbocycles. The number of hydrogen-bond donors (Lipinski definition) is 2.